The van der Waals surface area contributed by atoms with Crippen molar-refractivity contribution in [1.29, 1.82) is 0 Å². The van der Waals surface area contributed by atoms with Crippen molar-refractivity contribution in [3.05, 3.63) is 74.3 Å². The fourth-order valence-electron chi connectivity index (χ4n) is 1.55. The van der Waals surface area contributed by atoms with Gasteiger partial charge in [-0.25, -0.2) is 4.99 Å². The molecule has 0 amide bonds. The van der Waals surface area contributed by atoms with Gasteiger partial charge in [-0.2, -0.15) is 0 Å². The normalized spacial score (nSPS) is 11.2. The van der Waals surface area contributed by atoms with Gasteiger partial charge < -0.3 is 0 Å². The van der Waals surface area contributed by atoms with Crippen molar-refractivity contribution in [2.75, 3.05) is 0 Å². The van der Waals surface area contributed by atoms with E-state index < -0.39 is 9.85 Å². The zero-order chi connectivity index (χ0) is 15.4. The molecule has 106 valence electrons. The van der Waals surface area contributed by atoms with E-state index in [4.69, 9.17) is 11.6 Å². The zero-order valence-corrected chi connectivity index (χ0v) is 11.2. The molecular formula is C13H8ClN3O4. The molecule has 0 N–H and O–H groups in total. The molecule has 0 aliphatic rings. The molecule has 0 fully saturated rings. The maximum Gasteiger partial charge on any atom is 0.269 e. The van der Waals surface area contributed by atoms with Crippen molar-refractivity contribution >= 4 is 33.8 Å². The molecule has 7 nitrogen and oxygen atoms in total. The number of rotatable bonds is 4. The highest BCUT2D eigenvalue weighted by atomic mass is 35.5. The van der Waals surface area contributed by atoms with E-state index in [1.54, 1.807) is 0 Å². The monoisotopic (exact) mass is 305 g/mol. The first-order valence-corrected chi connectivity index (χ1v) is 6.08. The number of halogens is 1. The van der Waals surface area contributed by atoms with Crippen LogP contribution in [0.25, 0.3) is 0 Å². The van der Waals surface area contributed by atoms with Gasteiger partial charge in [-0.05, 0) is 24.3 Å². The molecule has 8 heteroatoms. The summed E-state index contributed by atoms with van der Waals surface area (Å²) in [7, 11) is 0. The highest BCUT2D eigenvalue weighted by Gasteiger charge is 2.07. The van der Waals surface area contributed by atoms with Crippen LogP contribution in [-0.4, -0.2) is 15.0 Å². The molecule has 0 aliphatic carbocycles. The maximum atomic E-state index is 10.5. The summed E-state index contributed by atoms with van der Waals surface area (Å²) >= 11 is 6.02. The Balaban J connectivity index is 2.23. The Kier molecular flexibility index (Phi) is 4.24. The Labute approximate surface area is 123 Å². The second-order valence-corrected chi connectivity index (χ2v) is 4.34. The summed E-state index contributed by atoms with van der Waals surface area (Å²) in [5.41, 5.74) is 0.878. The zero-order valence-electron chi connectivity index (χ0n) is 10.5. The average Bonchev–Trinajstić information content (AvgIpc) is 2.47. The summed E-state index contributed by atoms with van der Waals surface area (Å²) in [6.45, 7) is 0. The van der Waals surface area contributed by atoms with Gasteiger partial charge in [-0.3, -0.25) is 20.2 Å². The van der Waals surface area contributed by atoms with E-state index in [1.165, 1.54) is 48.5 Å². The molecule has 0 aliphatic heterocycles. The number of aliphatic imine (C=N–C) groups is 1. The number of benzene rings is 2. The minimum atomic E-state index is -0.509. The van der Waals surface area contributed by atoms with Crippen molar-refractivity contribution < 1.29 is 9.85 Å². The van der Waals surface area contributed by atoms with Crippen LogP contribution in [0.1, 0.15) is 5.56 Å². The Morgan fingerprint density at radius 1 is 0.857 bits per heavy atom. The van der Waals surface area contributed by atoms with Gasteiger partial charge in [0.2, 0.25) is 0 Å². The quantitative estimate of drug-likeness (QED) is 0.487. The van der Waals surface area contributed by atoms with E-state index in [0.717, 1.165) is 0 Å². The van der Waals surface area contributed by atoms with Crippen LogP contribution in [0.5, 0.6) is 0 Å². The van der Waals surface area contributed by atoms with Gasteiger partial charge in [0.15, 0.2) is 0 Å². The predicted molar refractivity (Wildman–Crippen MR) is 78.2 cm³/mol. The van der Waals surface area contributed by atoms with E-state index in [2.05, 4.69) is 4.99 Å². The van der Waals surface area contributed by atoms with Gasteiger partial charge >= 0.3 is 0 Å². The fraction of sp³-hybridized carbons (Fsp3) is 0. The third-order valence-corrected chi connectivity index (χ3v) is 2.91. The lowest BCUT2D eigenvalue weighted by molar-refractivity contribution is -0.385. The molecule has 2 rings (SSSR count). The lowest BCUT2D eigenvalue weighted by atomic mass is 10.2. The van der Waals surface area contributed by atoms with E-state index in [0.29, 0.717) is 11.3 Å². The summed E-state index contributed by atoms with van der Waals surface area (Å²) < 4.78 is 0. The van der Waals surface area contributed by atoms with Crippen LogP contribution in [0.3, 0.4) is 0 Å². The minimum Gasteiger partial charge on any atom is -0.258 e. The van der Waals surface area contributed by atoms with E-state index >= 15 is 0 Å². The first kappa shape index (κ1) is 14.6. The van der Waals surface area contributed by atoms with Crippen LogP contribution in [0.4, 0.5) is 17.1 Å². The average molecular weight is 306 g/mol. The molecule has 0 saturated heterocycles. The van der Waals surface area contributed by atoms with Crippen LogP contribution in [0.2, 0.25) is 0 Å². The Hall–Kier alpha value is -2.80. The molecule has 0 unspecified atom stereocenters. The van der Waals surface area contributed by atoms with Crippen LogP contribution < -0.4 is 0 Å². The van der Waals surface area contributed by atoms with Crippen molar-refractivity contribution in [2.24, 2.45) is 4.99 Å². The van der Waals surface area contributed by atoms with Gasteiger partial charge in [0.1, 0.15) is 5.17 Å². The lowest BCUT2D eigenvalue weighted by Crippen LogP contribution is -1.93. The molecule has 0 atom stereocenters. The lowest BCUT2D eigenvalue weighted by Gasteiger charge is -1.99. The summed E-state index contributed by atoms with van der Waals surface area (Å²) in [6, 6.07) is 11.2. The molecule has 2 aromatic carbocycles. The maximum absolute atomic E-state index is 10.5. The molecule has 0 saturated carbocycles. The summed E-state index contributed by atoms with van der Waals surface area (Å²) in [4.78, 5) is 24.2. The third-order valence-electron chi connectivity index (χ3n) is 2.60. The van der Waals surface area contributed by atoms with Crippen molar-refractivity contribution in [1.82, 2.24) is 0 Å². The van der Waals surface area contributed by atoms with E-state index in [9.17, 15) is 20.2 Å². The Bertz CT molecular complexity index is 711. The molecule has 0 aromatic heterocycles. The Morgan fingerprint density at radius 3 is 1.71 bits per heavy atom. The van der Waals surface area contributed by atoms with Crippen LogP contribution in [-0.2, 0) is 0 Å². The standard InChI is InChI=1S/C13H8ClN3O4/c14-13(9-1-5-11(6-2-9)16(18)19)15-10-3-7-12(8-4-10)17(20)21/h1-8H. The summed E-state index contributed by atoms with van der Waals surface area (Å²) in [5.74, 6) is 0. The Morgan fingerprint density at radius 2 is 1.29 bits per heavy atom. The number of nitro groups is 2. The molecule has 0 heterocycles. The van der Waals surface area contributed by atoms with Crippen molar-refractivity contribution in [3.63, 3.8) is 0 Å². The van der Waals surface area contributed by atoms with Gasteiger partial charge in [0.05, 0.1) is 15.5 Å². The SMILES string of the molecule is O=[N+]([O-])c1ccc(N=C(Cl)c2ccc([N+](=O)[O-])cc2)cc1. The van der Waals surface area contributed by atoms with Gasteiger partial charge in [-0.1, -0.05) is 11.6 Å². The minimum absolute atomic E-state index is 0.0413. The van der Waals surface area contributed by atoms with Crippen molar-refractivity contribution in [3.8, 4) is 0 Å². The predicted octanol–water partition coefficient (Wildman–Crippen LogP) is 3.82. The molecule has 0 spiro atoms. The third kappa shape index (κ3) is 3.61. The van der Waals surface area contributed by atoms with Crippen LogP contribution >= 0.6 is 11.6 Å². The van der Waals surface area contributed by atoms with Crippen molar-refractivity contribution in [2.45, 2.75) is 0 Å². The molecule has 21 heavy (non-hydrogen) atoms. The number of hydrogen-bond donors (Lipinski definition) is 0. The molecular weight excluding hydrogens is 298 g/mol. The largest absolute Gasteiger partial charge is 0.269 e. The number of non-ortho nitro benzene ring substituents is 2. The second kappa shape index (κ2) is 6.10. The fourth-order valence-corrected chi connectivity index (χ4v) is 1.77. The van der Waals surface area contributed by atoms with Gasteiger partial charge in [0, 0.05) is 29.8 Å². The summed E-state index contributed by atoms with van der Waals surface area (Å²) in [6.07, 6.45) is 0. The van der Waals surface area contributed by atoms with E-state index in [1.807, 2.05) is 0 Å². The second-order valence-electron chi connectivity index (χ2n) is 3.98. The molecule has 2 aromatic rings. The van der Waals surface area contributed by atoms with E-state index in [-0.39, 0.29) is 16.5 Å². The number of hydrogen-bond acceptors (Lipinski definition) is 5. The smallest absolute Gasteiger partial charge is 0.258 e. The van der Waals surface area contributed by atoms with Crippen LogP contribution in [0.15, 0.2) is 53.5 Å². The van der Waals surface area contributed by atoms with Crippen LogP contribution in [0, 0.1) is 20.2 Å². The van der Waals surface area contributed by atoms with Gasteiger partial charge in [0.25, 0.3) is 11.4 Å². The first-order chi connectivity index (χ1) is 9.97. The molecule has 0 radical (unpaired) electrons. The highest BCUT2D eigenvalue weighted by molar-refractivity contribution is 6.69. The first-order valence-electron chi connectivity index (χ1n) is 5.71. The number of nitro benzene ring substituents is 2. The highest BCUT2D eigenvalue weighted by Crippen LogP contribution is 2.21. The molecule has 0 bridgehead atoms. The summed E-state index contributed by atoms with van der Waals surface area (Å²) in [5, 5.41) is 21.2. The number of nitrogens with zero attached hydrogens (tertiary/aromatic N) is 3. The van der Waals surface area contributed by atoms with Gasteiger partial charge in [-0.15, -0.1) is 0 Å². The topological polar surface area (TPSA) is 98.6 Å².